The number of aromatic nitrogens is 2. The summed E-state index contributed by atoms with van der Waals surface area (Å²) in [5, 5.41) is 9.78. The van der Waals surface area contributed by atoms with Crippen LogP contribution < -0.4 is 20.6 Å². The lowest BCUT2D eigenvalue weighted by atomic mass is 10.0. The number of H-pyrrole nitrogens is 1. The van der Waals surface area contributed by atoms with Gasteiger partial charge >= 0.3 is 5.97 Å². The summed E-state index contributed by atoms with van der Waals surface area (Å²) in [6.45, 7) is 5.77. The molecule has 2 aromatic heterocycles. The van der Waals surface area contributed by atoms with Gasteiger partial charge in [0.25, 0.3) is 0 Å². The highest BCUT2D eigenvalue weighted by Gasteiger charge is 2.23. The summed E-state index contributed by atoms with van der Waals surface area (Å²) in [4.78, 5) is 45.1. The van der Waals surface area contributed by atoms with Crippen molar-refractivity contribution in [3.63, 3.8) is 0 Å². The predicted octanol–water partition coefficient (Wildman–Crippen LogP) is 3.84. The normalized spacial score (nSPS) is 11.9. The molecule has 0 spiro atoms. The van der Waals surface area contributed by atoms with Gasteiger partial charge < -0.3 is 24.2 Å². The smallest absolute Gasteiger partial charge is 0.344 e. The number of carbonyl (C=O) groups excluding carboxylic acids is 1. The van der Waals surface area contributed by atoms with Gasteiger partial charge in [0, 0.05) is 42.5 Å². The third kappa shape index (κ3) is 5.26. The maximum Gasteiger partial charge on any atom is 0.344 e. The Morgan fingerprint density at radius 3 is 2.43 bits per heavy atom. The van der Waals surface area contributed by atoms with Crippen molar-refractivity contribution >= 4 is 22.7 Å². The fraction of sp³-hybridized carbons (Fsp3) is 0.250. The molecule has 9 heteroatoms. The topological polar surface area (TPSA) is 123 Å². The Morgan fingerprint density at radius 1 is 1.08 bits per heavy atom. The van der Waals surface area contributed by atoms with Crippen LogP contribution in [0.2, 0.25) is 0 Å². The van der Waals surface area contributed by atoms with Gasteiger partial charge in [-0.3, -0.25) is 9.59 Å². The number of hydrogen-bond acceptors (Lipinski definition) is 6. The lowest BCUT2D eigenvalue weighted by molar-refractivity contribution is -0.144. The number of pyridine rings is 1. The number of carbonyl (C=O) groups is 2. The molecule has 3 N–H and O–H groups in total. The molecule has 37 heavy (non-hydrogen) atoms. The molecular weight excluding hydrogens is 474 g/mol. The van der Waals surface area contributed by atoms with Crippen molar-refractivity contribution in [2.45, 2.75) is 39.8 Å². The second-order valence-electron chi connectivity index (χ2n) is 8.68. The van der Waals surface area contributed by atoms with Crippen LogP contribution in [0.1, 0.15) is 46.6 Å². The van der Waals surface area contributed by atoms with Crippen molar-refractivity contribution in [1.29, 1.82) is 0 Å². The van der Waals surface area contributed by atoms with Crippen LogP contribution in [0.25, 0.3) is 10.9 Å². The molecule has 2 heterocycles. The summed E-state index contributed by atoms with van der Waals surface area (Å²) in [5.41, 5.74) is 6.63. The van der Waals surface area contributed by atoms with E-state index < -0.39 is 12.1 Å². The average molecular weight is 504 g/mol. The van der Waals surface area contributed by atoms with E-state index in [2.05, 4.69) is 10.5 Å². The molecule has 0 saturated carbocycles. The van der Waals surface area contributed by atoms with E-state index in [1.54, 1.807) is 43.6 Å². The molecule has 0 aliphatic carbocycles. The summed E-state index contributed by atoms with van der Waals surface area (Å²) in [6, 6.07) is 13.7. The number of carboxylic acid groups (broad SMARTS) is 1. The number of aliphatic carboxylic acids is 1. The second-order valence-corrected chi connectivity index (χ2v) is 8.68. The van der Waals surface area contributed by atoms with E-state index in [0.29, 0.717) is 45.8 Å². The number of carboxylic acids is 1. The Labute approximate surface area is 213 Å². The monoisotopic (exact) mass is 503 g/mol. The van der Waals surface area contributed by atoms with E-state index in [-0.39, 0.29) is 11.3 Å². The van der Waals surface area contributed by atoms with Gasteiger partial charge in [-0.15, -0.1) is 0 Å². The Kier molecular flexibility index (Phi) is 7.45. The van der Waals surface area contributed by atoms with Crippen molar-refractivity contribution < 1.29 is 24.3 Å². The van der Waals surface area contributed by atoms with Gasteiger partial charge in [-0.1, -0.05) is 13.0 Å². The lowest BCUT2D eigenvalue weighted by Gasteiger charge is -2.16. The highest BCUT2D eigenvalue weighted by Crippen LogP contribution is 2.30. The van der Waals surface area contributed by atoms with E-state index in [4.69, 9.17) is 9.57 Å². The lowest BCUT2D eigenvalue weighted by Crippen LogP contribution is -2.23. The van der Waals surface area contributed by atoms with Gasteiger partial charge in [0.15, 0.2) is 11.9 Å². The summed E-state index contributed by atoms with van der Waals surface area (Å²) < 4.78 is 7.57. The number of nitrogens with one attached hydrogen (secondary N) is 2. The van der Waals surface area contributed by atoms with Crippen molar-refractivity contribution in [2.24, 2.45) is 0 Å². The second kappa shape index (κ2) is 10.7. The number of rotatable bonds is 10. The van der Waals surface area contributed by atoms with Crippen molar-refractivity contribution in [3.05, 3.63) is 93.0 Å². The van der Waals surface area contributed by atoms with Crippen LogP contribution in [0.3, 0.4) is 0 Å². The first-order valence-electron chi connectivity index (χ1n) is 11.9. The number of hydrogen-bond donors (Lipinski definition) is 3. The molecule has 0 amide bonds. The maximum absolute atomic E-state index is 13.6. The number of fused-ring (bicyclic) bond motifs is 1. The Hall–Kier alpha value is -4.37. The van der Waals surface area contributed by atoms with E-state index in [9.17, 15) is 19.5 Å². The number of aromatic amines is 1. The van der Waals surface area contributed by atoms with Crippen LogP contribution in [0.15, 0.2) is 59.5 Å². The highest BCUT2D eigenvalue weighted by molar-refractivity contribution is 6.17. The zero-order valence-electron chi connectivity index (χ0n) is 21.1. The van der Waals surface area contributed by atoms with E-state index in [1.165, 1.54) is 13.0 Å². The SMILES string of the molecule is CCc1ccc(OC(C)C(=O)O)cc1Cn1c(C)c(C(=O)c2ccc(ONC)cc2)c2cc(=O)[nH]cc21. The zero-order chi connectivity index (χ0) is 26.7. The Bertz CT molecular complexity index is 1520. The molecular formula is C28H29N3O6. The molecule has 0 radical (unpaired) electrons. The number of hydroxylamine groups is 1. The predicted molar refractivity (Wildman–Crippen MR) is 140 cm³/mol. The average Bonchev–Trinajstić information content (AvgIpc) is 3.14. The van der Waals surface area contributed by atoms with Gasteiger partial charge in [-0.2, -0.15) is 5.48 Å². The van der Waals surface area contributed by atoms with Crippen LogP contribution in [0.5, 0.6) is 11.5 Å². The van der Waals surface area contributed by atoms with Crippen molar-refractivity contribution in [3.8, 4) is 11.5 Å². The third-order valence-corrected chi connectivity index (χ3v) is 6.34. The zero-order valence-corrected chi connectivity index (χ0v) is 21.1. The quantitative estimate of drug-likeness (QED) is 0.222. The summed E-state index contributed by atoms with van der Waals surface area (Å²) in [6.07, 6.45) is 1.38. The summed E-state index contributed by atoms with van der Waals surface area (Å²) >= 11 is 0. The van der Waals surface area contributed by atoms with Gasteiger partial charge in [0.1, 0.15) is 11.5 Å². The van der Waals surface area contributed by atoms with E-state index in [0.717, 1.165) is 17.5 Å². The Morgan fingerprint density at radius 2 is 1.78 bits per heavy atom. The number of nitrogens with zero attached hydrogens (tertiary/aromatic N) is 1. The minimum atomic E-state index is -1.05. The van der Waals surface area contributed by atoms with Crippen LogP contribution in [0, 0.1) is 6.92 Å². The minimum absolute atomic E-state index is 0.203. The van der Waals surface area contributed by atoms with E-state index in [1.807, 2.05) is 30.5 Å². The molecule has 2 aromatic carbocycles. The fourth-order valence-electron chi connectivity index (χ4n) is 4.42. The van der Waals surface area contributed by atoms with E-state index >= 15 is 0 Å². The Balaban J connectivity index is 1.79. The molecule has 0 saturated heterocycles. The molecule has 1 atom stereocenters. The largest absolute Gasteiger partial charge is 0.479 e. The molecule has 4 aromatic rings. The molecule has 0 aliphatic heterocycles. The molecule has 1 unspecified atom stereocenters. The molecule has 192 valence electrons. The van der Waals surface area contributed by atoms with Gasteiger partial charge in [0.2, 0.25) is 5.56 Å². The van der Waals surface area contributed by atoms with Gasteiger partial charge in [-0.05, 0) is 67.8 Å². The van der Waals surface area contributed by atoms with Gasteiger partial charge in [-0.25, -0.2) is 4.79 Å². The van der Waals surface area contributed by atoms with Crippen LogP contribution in [0.4, 0.5) is 0 Å². The number of ether oxygens (including phenoxy) is 1. The van der Waals surface area contributed by atoms with Crippen LogP contribution >= 0.6 is 0 Å². The molecule has 0 bridgehead atoms. The summed E-state index contributed by atoms with van der Waals surface area (Å²) in [5.74, 6) is -0.233. The molecule has 4 rings (SSSR count). The molecule has 0 fully saturated rings. The number of aryl methyl sites for hydroxylation is 1. The first kappa shape index (κ1) is 25.7. The van der Waals surface area contributed by atoms with Crippen LogP contribution in [-0.2, 0) is 17.8 Å². The van der Waals surface area contributed by atoms with Crippen LogP contribution in [-0.4, -0.2) is 39.6 Å². The summed E-state index contributed by atoms with van der Waals surface area (Å²) in [7, 11) is 1.65. The van der Waals surface area contributed by atoms with Crippen molar-refractivity contribution in [1.82, 2.24) is 15.0 Å². The molecule has 9 nitrogen and oxygen atoms in total. The first-order valence-corrected chi connectivity index (χ1v) is 11.9. The third-order valence-electron chi connectivity index (χ3n) is 6.34. The first-order chi connectivity index (χ1) is 17.7. The highest BCUT2D eigenvalue weighted by atomic mass is 16.6. The maximum atomic E-state index is 13.6. The number of ketones is 1. The number of benzene rings is 2. The fourth-order valence-corrected chi connectivity index (χ4v) is 4.42. The van der Waals surface area contributed by atoms with Gasteiger partial charge in [0.05, 0.1) is 11.1 Å². The molecule has 0 aliphatic rings. The minimum Gasteiger partial charge on any atom is -0.479 e. The standard InChI is InChI=1S/C28H29N3O6/c1-5-18-6-11-22(36-17(3)28(34)35)12-20(18)15-31-16(2)26(23-13-25(32)30-14-24(23)31)27(33)19-7-9-21(10-8-19)37-29-4/h6-14,17,29H,5,15H2,1-4H3,(H,30,32)(H,34,35). The van der Waals surface area contributed by atoms with Crippen molar-refractivity contribution in [2.75, 3.05) is 7.05 Å².